The summed E-state index contributed by atoms with van der Waals surface area (Å²) in [6, 6.07) is 3.91. The van der Waals surface area contributed by atoms with Crippen molar-refractivity contribution in [2.45, 2.75) is 40.0 Å². The zero-order valence-electron chi connectivity index (χ0n) is 9.26. The highest BCUT2D eigenvalue weighted by Gasteiger charge is 2.12. The molecule has 1 aromatic heterocycles. The van der Waals surface area contributed by atoms with E-state index in [0.717, 1.165) is 0 Å². The fourth-order valence-corrected chi connectivity index (χ4v) is 0.915. The van der Waals surface area contributed by atoms with Crippen molar-refractivity contribution in [1.29, 1.82) is 0 Å². The average molecular weight is 180 g/mol. The highest BCUT2D eigenvalue weighted by molar-refractivity contribution is 5.35. The minimum absolute atomic E-state index is 0.164. The van der Waals surface area contributed by atoms with Crippen molar-refractivity contribution < 1.29 is 0 Å². The summed E-state index contributed by atoms with van der Waals surface area (Å²) >= 11 is 0. The van der Waals surface area contributed by atoms with E-state index < -0.39 is 0 Å². The van der Waals surface area contributed by atoms with Gasteiger partial charge < -0.3 is 5.73 Å². The molecule has 1 rings (SSSR count). The van der Waals surface area contributed by atoms with E-state index in [1.165, 1.54) is 5.56 Å². The zero-order valence-corrected chi connectivity index (χ0v) is 9.26. The van der Waals surface area contributed by atoms with Crippen molar-refractivity contribution >= 4 is 5.82 Å². The predicted octanol–water partition coefficient (Wildman–Crippen LogP) is 2.99. The average Bonchev–Trinajstić information content (AvgIpc) is 2.06. The maximum absolute atomic E-state index is 5.54. The second kappa shape index (κ2) is 4.85. The highest BCUT2D eigenvalue weighted by Crippen LogP contribution is 2.22. The van der Waals surface area contributed by atoms with Gasteiger partial charge in [-0.15, -0.1) is 0 Å². The SMILES string of the molecule is CC.CC(C)(C)c1ccnc(N)c1. The van der Waals surface area contributed by atoms with Crippen molar-refractivity contribution in [2.24, 2.45) is 0 Å². The summed E-state index contributed by atoms with van der Waals surface area (Å²) in [4.78, 5) is 3.93. The molecule has 0 aromatic carbocycles. The largest absolute Gasteiger partial charge is 0.384 e. The highest BCUT2D eigenvalue weighted by atomic mass is 14.8. The quantitative estimate of drug-likeness (QED) is 0.666. The molecule has 1 aromatic rings. The molecule has 0 aliphatic carbocycles. The van der Waals surface area contributed by atoms with Gasteiger partial charge in [0.25, 0.3) is 0 Å². The van der Waals surface area contributed by atoms with Crippen LogP contribution in [0.3, 0.4) is 0 Å². The maximum Gasteiger partial charge on any atom is 0.123 e. The summed E-state index contributed by atoms with van der Waals surface area (Å²) in [6.45, 7) is 10.5. The van der Waals surface area contributed by atoms with Crippen LogP contribution in [-0.4, -0.2) is 4.98 Å². The van der Waals surface area contributed by atoms with Gasteiger partial charge in [-0.3, -0.25) is 0 Å². The van der Waals surface area contributed by atoms with E-state index in [4.69, 9.17) is 5.73 Å². The summed E-state index contributed by atoms with van der Waals surface area (Å²) in [5.41, 5.74) is 6.93. The molecule has 0 aliphatic rings. The molecule has 0 radical (unpaired) electrons. The van der Waals surface area contributed by atoms with E-state index in [1.54, 1.807) is 6.20 Å². The molecule has 0 atom stereocenters. The number of rotatable bonds is 0. The van der Waals surface area contributed by atoms with Gasteiger partial charge in [0.05, 0.1) is 0 Å². The van der Waals surface area contributed by atoms with Crippen LogP contribution < -0.4 is 5.73 Å². The second-order valence-corrected chi connectivity index (χ2v) is 3.72. The molecule has 0 saturated carbocycles. The molecule has 1 heterocycles. The lowest BCUT2D eigenvalue weighted by molar-refractivity contribution is 0.589. The van der Waals surface area contributed by atoms with Gasteiger partial charge in [0.2, 0.25) is 0 Å². The second-order valence-electron chi connectivity index (χ2n) is 3.72. The molecule has 0 unspecified atom stereocenters. The molecule has 2 heteroatoms. The molecule has 0 bridgehead atoms. The first kappa shape index (κ1) is 11.9. The number of hydrogen-bond donors (Lipinski definition) is 1. The summed E-state index contributed by atoms with van der Waals surface area (Å²) in [6.07, 6.45) is 1.75. The predicted molar refractivity (Wildman–Crippen MR) is 58.7 cm³/mol. The fourth-order valence-electron chi connectivity index (χ4n) is 0.915. The fraction of sp³-hybridized carbons (Fsp3) is 0.545. The van der Waals surface area contributed by atoms with Crippen LogP contribution in [0.1, 0.15) is 40.2 Å². The monoisotopic (exact) mass is 180 g/mol. The number of hydrogen-bond acceptors (Lipinski definition) is 2. The first-order valence-electron chi connectivity index (χ1n) is 4.72. The molecule has 2 N–H and O–H groups in total. The Morgan fingerprint density at radius 1 is 1.23 bits per heavy atom. The Balaban J connectivity index is 0.000000671. The minimum Gasteiger partial charge on any atom is -0.384 e. The third kappa shape index (κ3) is 3.92. The summed E-state index contributed by atoms with van der Waals surface area (Å²) in [5.74, 6) is 0.595. The smallest absolute Gasteiger partial charge is 0.123 e. The number of nitrogens with zero attached hydrogens (tertiary/aromatic N) is 1. The Hall–Kier alpha value is -1.05. The molecule has 74 valence electrons. The van der Waals surface area contributed by atoms with Crippen molar-refractivity contribution in [2.75, 3.05) is 5.73 Å². The molecule has 0 fully saturated rings. The van der Waals surface area contributed by atoms with Crippen molar-refractivity contribution in [3.8, 4) is 0 Å². The van der Waals surface area contributed by atoms with E-state index in [1.807, 2.05) is 26.0 Å². The van der Waals surface area contributed by atoms with Crippen LogP contribution in [-0.2, 0) is 5.41 Å². The van der Waals surface area contributed by atoms with E-state index in [0.29, 0.717) is 5.82 Å². The Morgan fingerprint density at radius 2 is 1.77 bits per heavy atom. The Labute approximate surface area is 81.2 Å². The van der Waals surface area contributed by atoms with Crippen LogP contribution >= 0.6 is 0 Å². The number of anilines is 1. The standard InChI is InChI=1S/C9H14N2.C2H6/c1-9(2,3)7-4-5-11-8(10)6-7;1-2/h4-6H,1-3H3,(H2,10,11);1-2H3. The number of pyridine rings is 1. The molecule has 13 heavy (non-hydrogen) atoms. The number of nitrogens with two attached hydrogens (primary N) is 1. The van der Waals surface area contributed by atoms with E-state index >= 15 is 0 Å². The van der Waals surface area contributed by atoms with Crippen LogP contribution in [0.25, 0.3) is 0 Å². The molecule has 0 amide bonds. The number of nitrogen functional groups attached to an aromatic ring is 1. The van der Waals surface area contributed by atoms with Crippen molar-refractivity contribution in [1.82, 2.24) is 4.98 Å². The molecule has 0 aliphatic heterocycles. The van der Waals surface area contributed by atoms with Crippen LogP contribution in [0, 0.1) is 0 Å². The molecular formula is C11H20N2. The van der Waals surface area contributed by atoms with Gasteiger partial charge >= 0.3 is 0 Å². The van der Waals surface area contributed by atoms with Crippen LogP contribution in [0.4, 0.5) is 5.82 Å². The van der Waals surface area contributed by atoms with E-state index in [9.17, 15) is 0 Å². The third-order valence-corrected chi connectivity index (χ3v) is 1.65. The minimum atomic E-state index is 0.164. The van der Waals surface area contributed by atoms with E-state index in [2.05, 4.69) is 25.8 Å². The lowest BCUT2D eigenvalue weighted by atomic mass is 9.88. The molecule has 0 spiro atoms. The maximum atomic E-state index is 5.54. The lowest BCUT2D eigenvalue weighted by Crippen LogP contribution is -2.11. The van der Waals surface area contributed by atoms with Gasteiger partial charge in [-0.2, -0.15) is 0 Å². The lowest BCUT2D eigenvalue weighted by Gasteiger charge is -2.18. The topological polar surface area (TPSA) is 38.9 Å². The van der Waals surface area contributed by atoms with Gasteiger partial charge in [0.1, 0.15) is 5.82 Å². The van der Waals surface area contributed by atoms with Gasteiger partial charge in [-0.25, -0.2) is 4.98 Å². The first-order chi connectivity index (χ1) is 6.00. The first-order valence-corrected chi connectivity index (χ1v) is 4.72. The van der Waals surface area contributed by atoms with Gasteiger partial charge in [-0.1, -0.05) is 34.6 Å². The zero-order chi connectivity index (χ0) is 10.5. The van der Waals surface area contributed by atoms with Crippen LogP contribution in [0.5, 0.6) is 0 Å². The Bertz CT molecular complexity index is 249. The van der Waals surface area contributed by atoms with Crippen molar-refractivity contribution in [3.63, 3.8) is 0 Å². The Morgan fingerprint density at radius 3 is 2.08 bits per heavy atom. The molecular weight excluding hydrogens is 160 g/mol. The van der Waals surface area contributed by atoms with Gasteiger partial charge in [0, 0.05) is 6.20 Å². The van der Waals surface area contributed by atoms with Gasteiger partial charge in [0.15, 0.2) is 0 Å². The summed E-state index contributed by atoms with van der Waals surface area (Å²) in [7, 11) is 0. The number of aromatic nitrogens is 1. The molecule has 2 nitrogen and oxygen atoms in total. The Kier molecular flexibility index (Phi) is 4.46. The van der Waals surface area contributed by atoms with Crippen LogP contribution in [0.15, 0.2) is 18.3 Å². The normalized spacial score (nSPS) is 10.2. The van der Waals surface area contributed by atoms with Crippen LogP contribution in [0.2, 0.25) is 0 Å². The third-order valence-electron chi connectivity index (χ3n) is 1.65. The van der Waals surface area contributed by atoms with Gasteiger partial charge in [-0.05, 0) is 23.1 Å². The summed E-state index contributed by atoms with van der Waals surface area (Å²) in [5, 5.41) is 0. The van der Waals surface area contributed by atoms with Crippen molar-refractivity contribution in [3.05, 3.63) is 23.9 Å². The van der Waals surface area contributed by atoms with E-state index in [-0.39, 0.29) is 5.41 Å². The summed E-state index contributed by atoms with van der Waals surface area (Å²) < 4.78 is 0. The molecule has 0 saturated heterocycles.